The molecule has 22 heteroatoms. The van der Waals surface area contributed by atoms with Gasteiger partial charge < -0.3 is 70.4 Å². The molecule has 3 fully saturated rings. The number of piperidine rings is 1. The predicted octanol–water partition coefficient (Wildman–Crippen LogP) is 4.18. The number of rotatable bonds is 12. The van der Waals surface area contributed by atoms with Crippen molar-refractivity contribution in [1.29, 1.82) is 0 Å². The van der Waals surface area contributed by atoms with Crippen molar-refractivity contribution < 1.29 is 67.9 Å². The fourth-order valence-electron chi connectivity index (χ4n) is 12.8. The maximum atomic E-state index is 15.1. The van der Waals surface area contributed by atoms with E-state index in [2.05, 4.69) is 21.3 Å². The van der Waals surface area contributed by atoms with Gasteiger partial charge in [-0.1, -0.05) is 70.9 Å². The zero-order chi connectivity index (χ0) is 61.1. The molecule has 3 saturated heterocycles. The molecule has 0 aliphatic carbocycles. The highest BCUT2D eigenvalue weighted by Crippen LogP contribution is 2.57. The summed E-state index contributed by atoms with van der Waals surface area (Å²) in [6.07, 6.45) is -5.01. The zero-order valence-electron chi connectivity index (χ0n) is 49.3. The van der Waals surface area contributed by atoms with Crippen LogP contribution < -0.4 is 35.8 Å². The van der Waals surface area contributed by atoms with Crippen LogP contribution in [0.5, 0.6) is 11.5 Å². The number of aliphatic hydroxyl groups excluding tert-OH is 2. The number of hydrogen-bond acceptors (Lipinski definition) is 17. The number of aliphatic hydroxyl groups is 3. The van der Waals surface area contributed by atoms with E-state index in [4.69, 9.17) is 14.2 Å². The number of nitrogens with one attached hydrogen (secondary N) is 4. The first-order chi connectivity index (χ1) is 40.3. The summed E-state index contributed by atoms with van der Waals surface area (Å²) >= 11 is 0. The molecule has 1 spiro atoms. The minimum atomic E-state index is -1.86. The lowest BCUT2D eigenvalue weighted by Crippen LogP contribution is -2.64. The van der Waals surface area contributed by atoms with Crippen molar-refractivity contribution in [3.8, 4) is 11.5 Å². The monoisotopic (exact) mass is 1170 g/mol. The first-order valence-corrected chi connectivity index (χ1v) is 29.3. The van der Waals surface area contributed by atoms with Crippen molar-refractivity contribution in [2.24, 2.45) is 11.8 Å². The van der Waals surface area contributed by atoms with Crippen LogP contribution in [0.2, 0.25) is 0 Å². The average Bonchev–Trinajstić information content (AvgIpc) is 1.66. The average molecular weight is 1170 g/mol. The number of nitrogens with zero attached hydrogens (tertiary/aromatic N) is 4. The minimum Gasteiger partial charge on any atom is -0.456 e. The quantitative estimate of drug-likeness (QED) is 0.0595. The summed E-state index contributed by atoms with van der Waals surface area (Å²) in [7, 11) is 7.67. The molecule has 0 radical (unpaired) electrons. The van der Waals surface area contributed by atoms with Crippen molar-refractivity contribution in [2.75, 3.05) is 49.9 Å². The number of unbranched alkanes of at least 4 members (excludes halogenated alkanes) is 2. The third-order valence-electron chi connectivity index (χ3n) is 17.5. The van der Waals surface area contributed by atoms with E-state index in [1.54, 1.807) is 70.2 Å². The van der Waals surface area contributed by atoms with Gasteiger partial charge in [-0.05, 0) is 74.4 Å². The summed E-state index contributed by atoms with van der Waals surface area (Å²) in [5, 5.41) is 46.0. The number of carbonyl (C=O) groups is 8. The number of benzene rings is 4. The van der Waals surface area contributed by atoms with Crippen LogP contribution >= 0.6 is 0 Å². The highest BCUT2D eigenvalue weighted by molar-refractivity contribution is 6.03. The van der Waals surface area contributed by atoms with Crippen LogP contribution in [0.25, 0.3) is 0 Å². The number of anilines is 3. The van der Waals surface area contributed by atoms with Gasteiger partial charge in [-0.3, -0.25) is 28.8 Å². The second-order valence-corrected chi connectivity index (χ2v) is 24.4. The van der Waals surface area contributed by atoms with Gasteiger partial charge in [0.2, 0.25) is 23.6 Å². The van der Waals surface area contributed by atoms with Crippen molar-refractivity contribution in [3.05, 3.63) is 112 Å². The Hall–Kier alpha value is -8.08. The van der Waals surface area contributed by atoms with Gasteiger partial charge in [0.1, 0.15) is 53.5 Å². The van der Waals surface area contributed by atoms with Gasteiger partial charge in [0.25, 0.3) is 5.91 Å². The summed E-state index contributed by atoms with van der Waals surface area (Å²) in [6.45, 7) is 7.77. The van der Waals surface area contributed by atoms with Gasteiger partial charge in [-0.15, -0.1) is 0 Å². The van der Waals surface area contributed by atoms with Crippen LogP contribution in [0.4, 0.5) is 17.1 Å². The molecule has 6 heterocycles. The van der Waals surface area contributed by atoms with Gasteiger partial charge in [0, 0.05) is 111 Å². The molecule has 5 amide bonds. The lowest BCUT2D eigenvalue weighted by molar-refractivity contribution is -0.170. The summed E-state index contributed by atoms with van der Waals surface area (Å²) in [5.41, 5.74) is 1.73. The van der Waals surface area contributed by atoms with Crippen LogP contribution in [0.3, 0.4) is 0 Å². The Morgan fingerprint density at radius 2 is 1.34 bits per heavy atom. The van der Waals surface area contributed by atoms with Crippen molar-refractivity contribution in [2.45, 2.75) is 152 Å². The standard InChI is InChI=1S/C63H76N8O14/c1-32(2)51-60(81)84-53(33(3)4)58(79)70-26-25-38(73)30-46(70)55(76)64-45(54(75)67-52(34(5)72)57(78)71-47(56(77)66-51)31-62(82)41-15-13-14-16-44(41)65-61(62)71)17-11-10-12-18-48(74)35-19-22-40-39(27-35)59(80)85-63(40)42-23-20-36(68(6)7)28-49(42)83-50-29-37(69(8)9)21-24-43(50)63/h13-16,19-24,27-29,32-34,38,45-47,51-53,61,65,72-73,82H,10-12,17-18,25-26,30-31H2,1-9H3,(H,64,76)(H,66,77)(H,67,75)/t34-,38-,45-,46+,47-,51+,52+,53-,61-,62+/m0/s1. The van der Waals surface area contributed by atoms with Crippen LogP contribution in [0.1, 0.15) is 129 Å². The molecule has 6 aliphatic rings. The number of esters is 2. The fraction of sp³-hybridized carbons (Fsp3) is 0.492. The van der Waals surface area contributed by atoms with E-state index in [0.717, 1.165) is 16.3 Å². The maximum absolute atomic E-state index is 15.1. The number of ether oxygens (including phenoxy) is 3. The third-order valence-corrected chi connectivity index (χ3v) is 17.5. The number of para-hydroxylation sites is 1. The van der Waals surface area contributed by atoms with Crippen LogP contribution in [-0.2, 0) is 49.4 Å². The first-order valence-electron chi connectivity index (χ1n) is 29.3. The zero-order valence-corrected chi connectivity index (χ0v) is 49.3. The van der Waals surface area contributed by atoms with Crippen molar-refractivity contribution in [1.82, 2.24) is 25.8 Å². The Morgan fingerprint density at radius 3 is 1.98 bits per heavy atom. The minimum absolute atomic E-state index is 0.0352. The van der Waals surface area contributed by atoms with E-state index < -0.39 is 119 Å². The lowest BCUT2D eigenvalue weighted by atomic mass is 9.77. The van der Waals surface area contributed by atoms with E-state index in [1.165, 1.54) is 11.8 Å². The van der Waals surface area contributed by atoms with Gasteiger partial charge in [0.15, 0.2) is 17.5 Å². The van der Waals surface area contributed by atoms with Gasteiger partial charge >= 0.3 is 11.9 Å². The molecule has 0 aromatic heterocycles. The molecule has 4 aromatic rings. The lowest BCUT2D eigenvalue weighted by Gasteiger charge is -2.40. The summed E-state index contributed by atoms with van der Waals surface area (Å²) in [4.78, 5) is 122. The molecule has 10 atom stereocenters. The molecular formula is C63H76N8O14. The van der Waals surface area contributed by atoms with E-state index in [9.17, 15) is 48.9 Å². The summed E-state index contributed by atoms with van der Waals surface area (Å²) < 4.78 is 18.9. The van der Waals surface area contributed by atoms with Crippen LogP contribution in [0.15, 0.2) is 78.9 Å². The Labute approximate surface area is 493 Å². The number of fused-ring (bicyclic) bond motifs is 12. The number of ketones is 1. The van der Waals surface area contributed by atoms with Crippen molar-refractivity contribution in [3.63, 3.8) is 0 Å². The predicted molar refractivity (Wildman–Crippen MR) is 312 cm³/mol. The summed E-state index contributed by atoms with van der Waals surface area (Å²) in [5.74, 6) is -6.30. The molecule has 4 aromatic carbocycles. The van der Waals surface area contributed by atoms with Gasteiger partial charge in [-0.2, -0.15) is 0 Å². The Balaban J connectivity index is 0.908. The number of Topliss-reactive ketones (excluding diaryl/α,β-unsaturated/α-hetero) is 1. The molecule has 452 valence electrons. The molecule has 6 aliphatic heterocycles. The highest BCUT2D eigenvalue weighted by atomic mass is 16.6. The molecule has 85 heavy (non-hydrogen) atoms. The molecule has 7 N–H and O–H groups in total. The Morgan fingerprint density at radius 1 is 0.706 bits per heavy atom. The van der Waals surface area contributed by atoms with Crippen LogP contribution in [0, 0.1) is 11.8 Å². The topological polar surface area (TPSA) is 286 Å². The second-order valence-electron chi connectivity index (χ2n) is 24.4. The molecule has 0 unspecified atom stereocenters. The van der Waals surface area contributed by atoms with E-state index in [-0.39, 0.29) is 62.0 Å². The molecule has 0 saturated carbocycles. The largest absolute Gasteiger partial charge is 0.456 e. The number of hydrogen-bond donors (Lipinski definition) is 7. The molecule has 10 rings (SSSR count). The Bertz CT molecular complexity index is 3290. The SMILES string of the molecule is CC(C)[C@@H]1OC(=O)[C@@H](C(C)C)NC(=O)[C@@H]2C[C@@]3(O)c4ccccc4N[C@H]3N2C(=O)[C@@H]([C@H](C)O)NC(=O)[C@H](CCCCCC(=O)c2ccc3c(c2)C(=O)OC32c3ccc(N(C)C)cc3Oc3cc(N(C)C)ccc32)NC(=O)[C@H]2C[C@@H](O)CCN2C1=O. The van der Waals surface area contributed by atoms with Gasteiger partial charge in [-0.25, -0.2) is 9.59 Å². The number of amides is 5. The molecular weight excluding hydrogens is 1090 g/mol. The molecule has 0 bridgehead atoms. The second kappa shape index (κ2) is 23.4. The normalized spacial score (nSPS) is 26.6. The first kappa shape index (κ1) is 60.1. The van der Waals surface area contributed by atoms with Crippen molar-refractivity contribution >= 4 is 64.3 Å². The third kappa shape index (κ3) is 10.9. The number of carbonyl (C=O) groups excluding carboxylic acids is 8. The number of cyclic esters (lactones) is 1. The van der Waals surface area contributed by atoms with Gasteiger partial charge in [0.05, 0.1) is 17.8 Å². The van der Waals surface area contributed by atoms with Crippen LogP contribution in [-0.4, -0.2) is 162 Å². The molecule has 22 nitrogen and oxygen atoms in total. The van der Waals surface area contributed by atoms with E-state index in [1.807, 2.05) is 74.4 Å². The fourth-order valence-corrected chi connectivity index (χ4v) is 12.8. The highest BCUT2D eigenvalue weighted by Gasteiger charge is 2.62. The maximum Gasteiger partial charge on any atom is 0.340 e. The van der Waals surface area contributed by atoms with E-state index >= 15 is 4.79 Å². The smallest absolute Gasteiger partial charge is 0.340 e. The van der Waals surface area contributed by atoms with E-state index in [0.29, 0.717) is 52.3 Å². The Kier molecular flexibility index (Phi) is 16.5. The summed E-state index contributed by atoms with van der Waals surface area (Å²) in [6, 6.07) is 15.8.